The summed E-state index contributed by atoms with van der Waals surface area (Å²) in [7, 11) is 0. The van der Waals surface area contributed by atoms with Crippen LogP contribution in [0.3, 0.4) is 0 Å². The molecule has 1 atom stereocenters. The summed E-state index contributed by atoms with van der Waals surface area (Å²) in [5.74, 6) is -2.17. The van der Waals surface area contributed by atoms with Crippen molar-refractivity contribution in [1.82, 2.24) is 0 Å². The van der Waals surface area contributed by atoms with E-state index in [2.05, 4.69) is 0 Å². The lowest BCUT2D eigenvalue weighted by Crippen LogP contribution is -2.54. The van der Waals surface area contributed by atoms with Crippen LogP contribution in [0.5, 0.6) is 0 Å². The standard InChI is InChI=1S/C7H14N2O3/c1-5(10)7(9,6(11)12)3-2-4-8/h2-4,8-9H2,1H3,(H,11,12)/t7-/m1/s1/i1D. The van der Waals surface area contributed by atoms with Crippen LogP contribution in [0.1, 0.15) is 21.1 Å². The fraction of sp³-hybridized carbons (Fsp3) is 0.714. The fourth-order valence-corrected chi connectivity index (χ4v) is 0.747. The summed E-state index contributed by atoms with van der Waals surface area (Å²) in [6.45, 7) is -0.342. The maximum atomic E-state index is 11.0. The maximum Gasteiger partial charge on any atom is 0.331 e. The second-order valence-electron chi connectivity index (χ2n) is 2.59. The molecular weight excluding hydrogens is 160 g/mol. The van der Waals surface area contributed by atoms with Gasteiger partial charge in [0.2, 0.25) is 0 Å². The summed E-state index contributed by atoms with van der Waals surface area (Å²) >= 11 is 0. The number of carboxylic acid groups (broad SMARTS) is 1. The van der Waals surface area contributed by atoms with Crippen LogP contribution in [0, 0.1) is 0 Å². The van der Waals surface area contributed by atoms with Gasteiger partial charge in [-0.25, -0.2) is 4.79 Å². The molecule has 0 amide bonds. The Morgan fingerprint density at radius 2 is 2.25 bits per heavy atom. The number of carbonyl (C=O) groups is 2. The number of ketones is 1. The normalized spacial score (nSPS) is 16.3. The minimum atomic E-state index is -1.93. The van der Waals surface area contributed by atoms with E-state index in [1.165, 1.54) is 0 Å². The van der Waals surface area contributed by atoms with Crippen molar-refractivity contribution in [1.29, 1.82) is 0 Å². The third kappa shape index (κ3) is 2.28. The first kappa shape index (κ1) is 9.15. The molecule has 0 spiro atoms. The molecule has 0 rings (SSSR count). The van der Waals surface area contributed by atoms with Gasteiger partial charge in [0.1, 0.15) is 0 Å². The molecule has 0 bridgehead atoms. The van der Waals surface area contributed by atoms with Crippen LogP contribution in [-0.2, 0) is 9.59 Å². The van der Waals surface area contributed by atoms with E-state index in [1.807, 2.05) is 0 Å². The Balaban J connectivity index is 4.52. The monoisotopic (exact) mass is 175 g/mol. The molecule has 0 saturated heterocycles. The lowest BCUT2D eigenvalue weighted by Gasteiger charge is -2.20. The van der Waals surface area contributed by atoms with Crippen molar-refractivity contribution in [2.45, 2.75) is 25.3 Å². The summed E-state index contributed by atoms with van der Waals surface area (Å²) < 4.78 is 6.77. The van der Waals surface area contributed by atoms with Gasteiger partial charge in [0.25, 0.3) is 0 Å². The predicted octanol–water partition coefficient (Wildman–Crippen LogP) is -0.904. The van der Waals surface area contributed by atoms with Gasteiger partial charge in [-0.15, -0.1) is 0 Å². The van der Waals surface area contributed by atoms with Crippen LogP contribution in [0.4, 0.5) is 0 Å². The van der Waals surface area contributed by atoms with Gasteiger partial charge in [0.15, 0.2) is 11.3 Å². The molecule has 0 aliphatic carbocycles. The highest BCUT2D eigenvalue weighted by atomic mass is 16.4. The van der Waals surface area contributed by atoms with E-state index in [0.29, 0.717) is 6.42 Å². The number of carbonyl (C=O) groups excluding carboxylic acids is 1. The van der Waals surface area contributed by atoms with E-state index in [0.717, 1.165) is 0 Å². The highest BCUT2D eigenvalue weighted by molar-refractivity contribution is 6.06. The number of nitrogens with two attached hydrogens (primary N) is 2. The summed E-state index contributed by atoms with van der Waals surface area (Å²) in [6.07, 6.45) is 0.338. The number of aliphatic carboxylic acids is 1. The number of hydrogen-bond donors (Lipinski definition) is 3. The Morgan fingerprint density at radius 3 is 2.58 bits per heavy atom. The number of hydrogen-bond acceptors (Lipinski definition) is 4. The van der Waals surface area contributed by atoms with Crippen LogP contribution < -0.4 is 11.5 Å². The molecule has 5 N–H and O–H groups in total. The predicted molar refractivity (Wildman–Crippen MR) is 43.5 cm³/mol. The van der Waals surface area contributed by atoms with Crippen molar-refractivity contribution in [3.8, 4) is 0 Å². The van der Waals surface area contributed by atoms with Gasteiger partial charge in [-0.2, -0.15) is 0 Å². The maximum absolute atomic E-state index is 11.0. The quantitative estimate of drug-likeness (QED) is 0.469. The van der Waals surface area contributed by atoms with Gasteiger partial charge in [0, 0.05) is 1.37 Å². The van der Waals surface area contributed by atoms with Gasteiger partial charge in [-0.3, -0.25) is 4.79 Å². The van der Waals surface area contributed by atoms with E-state index in [9.17, 15) is 9.59 Å². The van der Waals surface area contributed by atoms with Crippen LogP contribution in [0.25, 0.3) is 0 Å². The molecule has 0 aromatic rings. The van der Waals surface area contributed by atoms with Crippen molar-refractivity contribution in [3.05, 3.63) is 0 Å². The van der Waals surface area contributed by atoms with Crippen molar-refractivity contribution in [2.75, 3.05) is 6.54 Å². The molecule has 0 heterocycles. The van der Waals surface area contributed by atoms with Crippen LogP contribution >= 0.6 is 0 Å². The van der Waals surface area contributed by atoms with Gasteiger partial charge >= 0.3 is 5.97 Å². The second kappa shape index (κ2) is 4.18. The van der Waals surface area contributed by atoms with Gasteiger partial charge in [-0.05, 0) is 26.3 Å². The van der Waals surface area contributed by atoms with Crippen molar-refractivity contribution < 1.29 is 16.1 Å². The fourth-order valence-electron chi connectivity index (χ4n) is 0.747. The van der Waals surface area contributed by atoms with Gasteiger partial charge in [0.05, 0.1) is 0 Å². The molecule has 12 heavy (non-hydrogen) atoms. The third-order valence-corrected chi connectivity index (χ3v) is 1.65. The molecule has 5 heteroatoms. The smallest absolute Gasteiger partial charge is 0.331 e. The summed E-state index contributed by atoms with van der Waals surface area (Å²) in [5, 5.41) is 8.69. The average Bonchev–Trinajstić information content (AvgIpc) is 2.12. The molecule has 0 aliphatic rings. The zero-order valence-corrected chi connectivity index (χ0v) is 6.75. The van der Waals surface area contributed by atoms with Crippen molar-refractivity contribution in [2.24, 2.45) is 11.5 Å². The zero-order chi connectivity index (χ0) is 10.5. The topological polar surface area (TPSA) is 106 Å². The number of carboxylic acids is 1. The number of Topliss-reactive ketones (excluding diaryl/α,β-unsaturated/α-hetero) is 1. The Hall–Kier alpha value is -0.940. The zero-order valence-electron chi connectivity index (χ0n) is 7.75. The largest absolute Gasteiger partial charge is 0.480 e. The SMILES string of the molecule is [2H]CC(=O)[C@](N)(CCCN)C(=O)O. The minimum absolute atomic E-state index is 0.0173. The number of rotatable bonds is 5. The van der Waals surface area contributed by atoms with Crippen LogP contribution in [0.2, 0.25) is 0 Å². The lowest BCUT2D eigenvalue weighted by molar-refractivity contribution is -0.148. The van der Waals surface area contributed by atoms with Gasteiger partial charge < -0.3 is 16.6 Å². The first-order valence-electron chi connectivity index (χ1n) is 4.24. The minimum Gasteiger partial charge on any atom is -0.480 e. The van der Waals surface area contributed by atoms with E-state index < -0.39 is 24.2 Å². The molecule has 70 valence electrons. The van der Waals surface area contributed by atoms with Crippen LogP contribution in [0.15, 0.2) is 0 Å². The third-order valence-electron chi connectivity index (χ3n) is 1.65. The molecule has 0 fully saturated rings. The average molecular weight is 175 g/mol. The van der Waals surface area contributed by atoms with E-state index >= 15 is 0 Å². The second-order valence-corrected chi connectivity index (χ2v) is 2.59. The summed E-state index contributed by atoms with van der Waals surface area (Å²) in [6, 6.07) is 0. The summed E-state index contributed by atoms with van der Waals surface area (Å²) in [4.78, 5) is 21.7. The molecule has 0 aromatic heterocycles. The van der Waals surface area contributed by atoms with E-state index in [4.69, 9.17) is 17.9 Å². The molecule has 5 nitrogen and oxygen atoms in total. The molecule has 0 saturated carbocycles. The Kier molecular flexibility index (Phi) is 3.19. The van der Waals surface area contributed by atoms with E-state index in [1.54, 1.807) is 0 Å². The molecule has 0 aromatic carbocycles. The summed E-state index contributed by atoms with van der Waals surface area (Å²) in [5.41, 5.74) is 8.60. The lowest BCUT2D eigenvalue weighted by atomic mass is 9.91. The Bertz CT molecular complexity index is 210. The highest BCUT2D eigenvalue weighted by Gasteiger charge is 2.38. The van der Waals surface area contributed by atoms with Crippen molar-refractivity contribution in [3.63, 3.8) is 0 Å². The van der Waals surface area contributed by atoms with Crippen molar-refractivity contribution >= 4 is 11.8 Å². The van der Waals surface area contributed by atoms with Crippen LogP contribution in [-0.4, -0.2) is 28.9 Å². The molecule has 0 radical (unpaired) electrons. The molecule has 0 unspecified atom stereocenters. The molecular formula is C7H14N2O3. The molecule has 0 aliphatic heterocycles. The van der Waals surface area contributed by atoms with E-state index in [-0.39, 0.29) is 13.0 Å². The Morgan fingerprint density at radius 1 is 1.67 bits per heavy atom. The highest BCUT2D eigenvalue weighted by Crippen LogP contribution is 2.10. The first-order valence-corrected chi connectivity index (χ1v) is 3.54. The van der Waals surface area contributed by atoms with Gasteiger partial charge in [-0.1, -0.05) is 0 Å². The first-order chi connectivity index (χ1) is 5.99. The Labute approximate surface area is 72.1 Å².